The minimum atomic E-state index is -4.83. The van der Waals surface area contributed by atoms with E-state index in [0.29, 0.717) is 5.69 Å². The van der Waals surface area contributed by atoms with Gasteiger partial charge in [-0.05, 0) is 36.2 Å². The van der Waals surface area contributed by atoms with Crippen molar-refractivity contribution in [2.24, 2.45) is 0 Å². The third-order valence-electron chi connectivity index (χ3n) is 3.07. The van der Waals surface area contributed by atoms with Gasteiger partial charge in [0.1, 0.15) is 11.3 Å². The highest BCUT2D eigenvalue weighted by atomic mass is 19.4. The number of rotatable bonds is 4. The van der Waals surface area contributed by atoms with Crippen LogP contribution < -0.4 is 10.3 Å². The minimum absolute atomic E-state index is 0.125. The molecule has 0 atom stereocenters. The van der Waals surface area contributed by atoms with Crippen LogP contribution in [0.15, 0.2) is 35.1 Å². The lowest BCUT2D eigenvalue weighted by atomic mass is 10.1. The van der Waals surface area contributed by atoms with Crippen molar-refractivity contribution in [2.75, 3.05) is 0 Å². The monoisotopic (exact) mass is 342 g/mol. The Hall–Kier alpha value is -2.84. The van der Waals surface area contributed by atoms with E-state index in [-0.39, 0.29) is 11.6 Å². The maximum atomic E-state index is 12.2. The van der Waals surface area contributed by atoms with E-state index in [0.717, 1.165) is 16.8 Å². The van der Waals surface area contributed by atoms with Crippen molar-refractivity contribution >= 4 is 5.97 Å². The third kappa shape index (κ3) is 3.92. The molecule has 0 spiro atoms. The molecule has 1 aromatic carbocycles. The SMILES string of the molecule is CC(C)c1cc(C(=O)O)c(=O)n(-c2ccc(OC(F)(F)F)cc2)n1. The number of alkyl halides is 3. The van der Waals surface area contributed by atoms with Crippen LogP contribution >= 0.6 is 0 Å². The molecule has 1 heterocycles. The van der Waals surface area contributed by atoms with Gasteiger partial charge in [0.15, 0.2) is 0 Å². The maximum absolute atomic E-state index is 12.2. The fourth-order valence-corrected chi connectivity index (χ4v) is 1.91. The Labute approximate surface area is 134 Å². The number of aromatic carboxylic acids is 1. The number of hydrogen-bond donors (Lipinski definition) is 1. The Kier molecular flexibility index (Phi) is 4.63. The number of nitrogens with zero attached hydrogens (tertiary/aromatic N) is 2. The van der Waals surface area contributed by atoms with Crippen molar-refractivity contribution in [1.82, 2.24) is 9.78 Å². The molecule has 0 aliphatic rings. The second-order valence-electron chi connectivity index (χ2n) is 5.20. The number of carboxylic acid groups (broad SMARTS) is 1. The highest BCUT2D eigenvalue weighted by molar-refractivity contribution is 5.87. The van der Waals surface area contributed by atoms with Gasteiger partial charge in [-0.25, -0.2) is 4.79 Å². The molecule has 6 nitrogen and oxygen atoms in total. The molecule has 0 amide bonds. The lowest BCUT2D eigenvalue weighted by Crippen LogP contribution is -2.28. The van der Waals surface area contributed by atoms with E-state index in [9.17, 15) is 22.8 Å². The largest absolute Gasteiger partial charge is 0.573 e. The number of halogens is 3. The van der Waals surface area contributed by atoms with Gasteiger partial charge in [0.2, 0.25) is 0 Å². The summed E-state index contributed by atoms with van der Waals surface area (Å²) < 4.78 is 41.1. The summed E-state index contributed by atoms with van der Waals surface area (Å²) in [5.74, 6) is -2.02. The van der Waals surface area contributed by atoms with Crippen molar-refractivity contribution < 1.29 is 27.8 Å². The molecule has 0 aliphatic heterocycles. The van der Waals surface area contributed by atoms with E-state index >= 15 is 0 Å². The van der Waals surface area contributed by atoms with Crippen molar-refractivity contribution in [3.8, 4) is 11.4 Å². The first-order valence-electron chi connectivity index (χ1n) is 6.82. The van der Waals surface area contributed by atoms with E-state index in [4.69, 9.17) is 5.11 Å². The molecule has 128 valence electrons. The zero-order valence-corrected chi connectivity index (χ0v) is 12.7. The minimum Gasteiger partial charge on any atom is -0.477 e. The van der Waals surface area contributed by atoms with E-state index in [2.05, 4.69) is 9.84 Å². The van der Waals surface area contributed by atoms with Crippen LogP contribution in [0.4, 0.5) is 13.2 Å². The van der Waals surface area contributed by atoms with Gasteiger partial charge in [0.05, 0.1) is 11.4 Å². The summed E-state index contributed by atoms with van der Waals surface area (Å²) in [6, 6.07) is 5.59. The van der Waals surface area contributed by atoms with Crippen LogP contribution in [-0.2, 0) is 0 Å². The topological polar surface area (TPSA) is 81.4 Å². The van der Waals surface area contributed by atoms with Crippen LogP contribution in [0.5, 0.6) is 5.75 Å². The molecule has 1 aromatic heterocycles. The highest BCUT2D eigenvalue weighted by Gasteiger charge is 2.31. The van der Waals surface area contributed by atoms with Gasteiger partial charge in [0.25, 0.3) is 5.56 Å². The first-order chi connectivity index (χ1) is 11.1. The highest BCUT2D eigenvalue weighted by Crippen LogP contribution is 2.23. The van der Waals surface area contributed by atoms with Gasteiger partial charge in [-0.3, -0.25) is 4.79 Å². The average Bonchev–Trinajstić information content (AvgIpc) is 2.46. The Morgan fingerprint density at radius 1 is 1.25 bits per heavy atom. The van der Waals surface area contributed by atoms with Crippen LogP contribution in [0.25, 0.3) is 5.69 Å². The molecule has 0 bridgehead atoms. The number of carbonyl (C=O) groups is 1. The van der Waals surface area contributed by atoms with Gasteiger partial charge in [-0.15, -0.1) is 13.2 Å². The quantitative estimate of drug-likeness (QED) is 0.924. The first-order valence-corrected chi connectivity index (χ1v) is 6.82. The molecule has 1 N–H and O–H groups in total. The fraction of sp³-hybridized carbons (Fsp3) is 0.267. The zero-order valence-electron chi connectivity index (χ0n) is 12.7. The molecule has 9 heteroatoms. The molecular weight excluding hydrogens is 329 g/mol. The van der Waals surface area contributed by atoms with Gasteiger partial charge >= 0.3 is 12.3 Å². The average molecular weight is 342 g/mol. The Balaban J connectivity index is 2.51. The lowest BCUT2D eigenvalue weighted by molar-refractivity contribution is -0.274. The Morgan fingerprint density at radius 2 is 1.83 bits per heavy atom. The number of ether oxygens (including phenoxy) is 1. The standard InChI is InChI=1S/C15H13F3N2O4/c1-8(2)12-7-11(14(22)23)13(21)20(19-12)9-3-5-10(6-4-9)24-15(16,17)18/h3-8H,1-2H3,(H,22,23). The molecule has 0 radical (unpaired) electrons. The van der Waals surface area contributed by atoms with Crippen molar-refractivity contribution in [2.45, 2.75) is 26.1 Å². The van der Waals surface area contributed by atoms with E-state index in [1.54, 1.807) is 13.8 Å². The molecule has 2 rings (SSSR count). The van der Waals surface area contributed by atoms with E-state index < -0.39 is 29.2 Å². The molecule has 0 saturated carbocycles. The zero-order chi connectivity index (χ0) is 18.1. The number of carboxylic acids is 1. The van der Waals surface area contributed by atoms with Crippen LogP contribution in [0, 0.1) is 0 Å². The molecule has 24 heavy (non-hydrogen) atoms. The Bertz CT molecular complexity index is 811. The van der Waals surface area contributed by atoms with Crippen LogP contribution in [0.2, 0.25) is 0 Å². The molecule has 0 aliphatic carbocycles. The van der Waals surface area contributed by atoms with Crippen LogP contribution in [0.3, 0.4) is 0 Å². The molecule has 0 saturated heterocycles. The van der Waals surface area contributed by atoms with Crippen molar-refractivity contribution in [1.29, 1.82) is 0 Å². The summed E-state index contributed by atoms with van der Waals surface area (Å²) in [5, 5.41) is 13.2. The first kappa shape index (κ1) is 17.5. The van der Waals surface area contributed by atoms with Gasteiger partial charge < -0.3 is 9.84 Å². The summed E-state index contributed by atoms with van der Waals surface area (Å²) in [5.41, 5.74) is -0.858. The van der Waals surface area contributed by atoms with Gasteiger partial charge in [-0.1, -0.05) is 13.8 Å². The summed E-state index contributed by atoms with van der Waals surface area (Å²) in [6.07, 6.45) is -4.83. The predicted molar refractivity (Wildman–Crippen MR) is 77.6 cm³/mol. The van der Waals surface area contributed by atoms with E-state index in [1.807, 2.05) is 0 Å². The van der Waals surface area contributed by atoms with Crippen LogP contribution in [-0.4, -0.2) is 27.2 Å². The summed E-state index contributed by atoms with van der Waals surface area (Å²) in [4.78, 5) is 23.4. The lowest BCUT2D eigenvalue weighted by Gasteiger charge is -2.12. The van der Waals surface area contributed by atoms with Gasteiger partial charge in [-0.2, -0.15) is 9.78 Å². The number of hydrogen-bond acceptors (Lipinski definition) is 4. The molecule has 0 fully saturated rings. The summed E-state index contributed by atoms with van der Waals surface area (Å²) in [6.45, 7) is 3.53. The van der Waals surface area contributed by atoms with Crippen LogP contribution in [0.1, 0.15) is 35.8 Å². The van der Waals surface area contributed by atoms with Crippen molar-refractivity contribution in [3.63, 3.8) is 0 Å². The number of aromatic nitrogens is 2. The molecule has 0 unspecified atom stereocenters. The summed E-state index contributed by atoms with van der Waals surface area (Å²) >= 11 is 0. The second-order valence-corrected chi connectivity index (χ2v) is 5.20. The maximum Gasteiger partial charge on any atom is 0.573 e. The molecular formula is C15H13F3N2O4. The van der Waals surface area contributed by atoms with E-state index in [1.165, 1.54) is 18.2 Å². The van der Waals surface area contributed by atoms with Crippen molar-refractivity contribution in [3.05, 3.63) is 51.9 Å². The summed E-state index contributed by atoms with van der Waals surface area (Å²) in [7, 11) is 0. The van der Waals surface area contributed by atoms with Gasteiger partial charge in [0, 0.05) is 0 Å². The smallest absolute Gasteiger partial charge is 0.477 e. The third-order valence-corrected chi connectivity index (χ3v) is 3.07. The molecule has 2 aromatic rings. The fourth-order valence-electron chi connectivity index (χ4n) is 1.91. The Morgan fingerprint density at radius 3 is 2.29 bits per heavy atom. The second kappa shape index (κ2) is 6.34. The predicted octanol–water partition coefficient (Wildman–Crippen LogP) is 2.95. The normalized spacial score (nSPS) is 11.6. The number of benzene rings is 1.